The molecule has 0 aliphatic carbocycles. The Morgan fingerprint density at radius 1 is 1.09 bits per heavy atom. The summed E-state index contributed by atoms with van der Waals surface area (Å²) < 4.78 is 73.6. The zero-order valence-corrected chi connectivity index (χ0v) is 19.1. The molecule has 0 atom stereocenters. The molecule has 2 N–H and O–H groups in total. The molecular formula is C20H17F5N4O2S2. The third-order valence-corrected chi connectivity index (χ3v) is 5.95. The summed E-state index contributed by atoms with van der Waals surface area (Å²) in [7, 11) is 1.27. The largest absolute Gasteiger partial charge is 0.465 e. The summed E-state index contributed by atoms with van der Waals surface area (Å²) >= 11 is 6.55. The molecule has 3 aromatic rings. The molecule has 0 saturated carbocycles. The molecule has 0 radical (unpaired) electrons. The van der Waals surface area contributed by atoms with E-state index >= 15 is 0 Å². The Kier molecular flexibility index (Phi) is 7.32. The predicted molar refractivity (Wildman–Crippen MR) is 117 cm³/mol. The maximum absolute atomic E-state index is 13.9. The number of methoxy groups -OCH3 is 1. The van der Waals surface area contributed by atoms with Crippen LogP contribution in [0.1, 0.15) is 33.3 Å². The van der Waals surface area contributed by atoms with Gasteiger partial charge in [-0.25, -0.2) is 26.7 Å². The van der Waals surface area contributed by atoms with E-state index in [4.69, 9.17) is 17.0 Å². The third kappa shape index (κ3) is 4.83. The first-order valence-corrected chi connectivity index (χ1v) is 10.6. The summed E-state index contributed by atoms with van der Waals surface area (Å²) in [5, 5.41) is 10.1. The number of benzene rings is 1. The van der Waals surface area contributed by atoms with Gasteiger partial charge in [-0.15, -0.1) is 11.3 Å². The van der Waals surface area contributed by atoms with Crippen molar-refractivity contribution in [3.63, 3.8) is 0 Å². The van der Waals surface area contributed by atoms with E-state index in [1.54, 1.807) is 0 Å². The molecule has 0 fully saturated rings. The highest BCUT2D eigenvalue weighted by molar-refractivity contribution is 7.80. The second-order valence-electron chi connectivity index (χ2n) is 6.71. The van der Waals surface area contributed by atoms with Crippen molar-refractivity contribution in [1.82, 2.24) is 9.78 Å². The molecule has 3 rings (SSSR count). The average molecular weight is 505 g/mol. The Morgan fingerprint density at radius 2 is 1.70 bits per heavy atom. The number of esters is 1. The Labute approximate surface area is 194 Å². The normalized spacial score (nSPS) is 10.9. The number of rotatable bonds is 6. The van der Waals surface area contributed by atoms with Crippen molar-refractivity contribution in [1.29, 1.82) is 0 Å². The van der Waals surface area contributed by atoms with E-state index < -0.39 is 47.2 Å². The number of halogens is 5. The summed E-state index contributed by atoms with van der Waals surface area (Å²) in [6, 6.07) is 1.39. The van der Waals surface area contributed by atoms with Gasteiger partial charge in [0, 0.05) is 17.1 Å². The first-order chi connectivity index (χ1) is 15.6. The number of thiocarbonyl (C=S) groups is 1. The van der Waals surface area contributed by atoms with Crippen LogP contribution in [0.15, 0.2) is 12.3 Å². The summed E-state index contributed by atoms with van der Waals surface area (Å²) in [5.41, 5.74) is 0.165. The van der Waals surface area contributed by atoms with Crippen molar-refractivity contribution in [2.24, 2.45) is 0 Å². The number of ether oxygens (including phenoxy) is 1. The van der Waals surface area contributed by atoms with Gasteiger partial charge in [0.25, 0.3) is 0 Å². The van der Waals surface area contributed by atoms with E-state index in [2.05, 4.69) is 15.7 Å². The topological polar surface area (TPSA) is 68.2 Å². The van der Waals surface area contributed by atoms with Crippen LogP contribution >= 0.6 is 23.6 Å². The fourth-order valence-electron chi connectivity index (χ4n) is 3.13. The fourth-order valence-corrected chi connectivity index (χ4v) is 4.54. The first kappa shape index (κ1) is 24.6. The zero-order valence-electron chi connectivity index (χ0n) is 17.5. The molecular weight excluding hydrogens is 487 g/mol. The lowest BCUT2D eigenvalue weighted by Crippen LogP contribution is -2.20. The number of hydrogen-bond acceptors (Lipinski definition) is 5. The van der Waals surface area contributed by atoms with Crippen LogP contribution in [-0.4, -0.2) is 28.0 Å². The van der Waals surface area contributed by atoms with Gasteiger partial charge in [-0.1, -0.05) is 6.92 Å². The van der Waals surface area contributed by atoms with Gasteiger partial charge in [0.05, 0.1) is 24.8 Å². The van der Waals surface area contributed by atoms with Crippen LogP contribution in [0.25, 0.3) is 0 Å². The third-order valence-electron chi connectivity index (χ3n) is 4.68. The molecule has 176 valence electrons. The van der Waals surface area contributed by atoms with Crippen LogP contribution in [0.4, 0.5) is 32.8 Å². The Bertz CT molecular complexity index is 1210. The molecule has 0 aliphatic heterocycles. The predicted octanol–water partition coefficient (Wildman–Crippen LogP) is 5.15. The smallest absolute Gasteiger partial charge is 0.341 e. The minimum atomic E-state index is -2.23. The van der Waals surface area contributed by atoms with Crippen molar-refractivity contribution in [3.8, 4) is 0 Å². The molecule has 0 bridgehead atoms. The van der Waals surface area contributed by atoms with Crippen LogP contribution in [0.5, 0.6) is 0 Å². The molecule has 0 saturated heterocycles. The second-order valence-corrected chi connectivity index (χ2v) is 8.35. The first-order valence-electron chi connectivity index (χ1n) is 9.41. The number of aromatic nitrogens is 2. The van der Waals surface area contributed by atoms with Crippen LogP contribution in [0, 0.1) is 36.0 Å². The molecule has 0 unspecified atom stereocenters. The quantitative estimate of drug-likeness (QED) is 0.159. The van der Waals surface area contributed by atoms with Gasteiger partial charge in [-0.3, -0.25) is 4.68 Å². The number of nitrogens with one attached hydrogen (secondary N) is 2. The van der Waals surface area contributed by atoms with Crippen LogP contribution in [0.3, 0.4) is 0 Å². The summed E-state index contributed by atoms with van der Waals surface area (Å²) in [5.74, 6) is -10.5. The number of hydrogen-bond donors (Lipinski definition) is 2. The van der Waals surface area contributed by atoms with Crippen LogP contribution < -0.4 is 10.6 Å². The van der Waals surface area contributed by atoms with Crippen molar-refractivity contribution in [2.45, 2.75) is 26.8 Å². The van der Waals surface area contributed by atoms with E-state index in [-0.39, 0.29) is 10.9 Å². The molecule has 6 nitrogen and oxygen atoms in total. The summed E-state index contributed by atoms with van der Waals surface area (Å²) in [6.07, 6.45) is 1.88. The van der Waals surface area contributed by atoms with Crippen LogP contribution in [0.2, 0.25) is 0 Å². The van der Waals surface area contributed by atoms with Crippen LogP contribution in [-0.2, 0) is 17.7 Å². The molecule has 0 aliphatic rings. The van der Waals surface area contributed by atoms with Crippen molar-refractivity contribution in [3.05, 3.63) is 62.9 Å². The monoisotopic (exact) mass is 504 g/mol. The van der Waals surface area contributed by atoms with Gasteiger partial charge in [0.1, 0.15) is 5.00 Å². The van der Waals surface area contributed by atoms with E-state index in [0.717, 1.165) is 15.1 Å². The highest BCUT2D eigenvalue weighted by Gasteiger charge is 2.26. The van der Waals surface area contributed by atoms with E-state index in [1.807, 2.05) is 13.8 Å². The lowest BCUT2D eigenvalue weighted by atomic mass is 10.1. The number of thiophene rings is 1. The molecule has 13 heteroatoms. The molecule has 33 heavy (non-hydrogen) atoms. The standard InChI is InChI=1S/C20H17F5N4O2S2/c1-4-9-8(2)33-18(12(9)19(30)31-3)27-20(32)26-11-5-6-29(28-11)7-10-13(21)15(23)17(25)16(24)14(10)22/h5-6H,4,7H2,1-3H3,(H2,26,27,28,32). The Hall–Kier alpha value is -3.06. The van der Waals surface area contributed by atoms with Gasteiger partial charge in [-0.2, -0.15) is 5.10 Å². The summed E-state index contributed by atoms with van der Waals surface area (Å²) in [4.78, 5) is 13.1. The number of carbonyl (C=O) groups excluding carboxylic acids is 1. The van der Waals surface area contributed by atoms with E-state index in [9.17, 15) is 26.7 Å². The lowest BCUT2D eigenvalue weighted by Gasteiger charge is -2.10. The Balaban J connectivity index is 1.76. The van der Waals surface area contributed by atoms with E-state index in [0.29, 0.717) is 17.0 Å². The molecule has 0 amide bonds. The average Bonchev–Trinajstić information content (AvgIpc) is 3.35. The van der Waals surface area contributed by atoms with Crippen molar-refractivity contribution in [2.75, 3.05) is 17.7 Å². The Morgan fingerprint density at radius 3 is 2.27 bits per heavy atom. The highest BCUT2D eigenvalue weighted by atomic mass is 32.1. The summed E-state index contributed by atoms with van der Waals surface area (Å²) in [6.45, 7) is 3.06. The van der Waals surface area contributed by atoms with Gasteiger partial charge < -0.3 is 15.4 Å². The van der Waals surface area contributed by atoms with Crippen molar-refractivity contribution >= 4 is 45.5 Å². The molecule has 2 aromatic heterocycles. The second kappa shape index (κ2) is 9.83. The van der Waals surface area contributed by atoms with E-state index in [1.165, 1.54) is 30.7 Å². The van der Waals surface area contributed by atoms with Gasteiger partial charge in [0.2, 0.25) is 5.82 Å². The number of carbonyl (C=O) groups is 1. The maximum Gasteiger partial charge on any atom is 0.341 e. The SMILES string of the molecule is CCc1c(C)sc(NC(=S)Nc2ccn(Cc3c(F)c(F)c(F)c(F)c3F)n2)c1C(=O)OC. The van der Waals surface area contributed by atoms with Gasteiger partial charge in [-0.05, 0) is 31.1 Å². The van der Waals surface area contributed by atoms with Gasteiger partial charge >= 0.3 is 5.97 Å². The van der Waals surface area contributed by atoms with Crippen molar-refractivity contribution < 1.29 is 31.5 Å². The number of anilines is 2. The fraction of sp³-hybridized carbons (Fsp3) is 0.250. The number of nitrogens with zero attached hydrogens (tertiary/aromatic N) is 2. The minimum Gasteiger partial charge on any atom is -0.465 e. The highest BCUT2D eigenvalue weighted by Crippen LogP contribution is 2.34. The number of aryl methyl sites for hydroxylation is 1. The maximum atomic E-state index is 13.9. The lowest BCUT2D eigenvalue weighted by molar-refractivity contribution is 0.0601. The molecule has 1 aromatic carbocycles. The molecule has 2 heterocycles. The molecule has 0 spiro atoms. The zero-order chi connectivity index (χ0) is 24.4. The van der Waals surface area contributed by atoms with Gasteiger partial charge in [0.15, 0.2) is 34.2 Å². The minimum absolute atomic E-state index is 0.0607.